The zero-order valence-corrected chi connectivity index (χ0v) is 14.7. The average Bonchev–Trinajstić information content (AvgIpc) is 3.17. The first-order valence-corrected chi connectivity index (χ1v) is 8.21. The number of hydrogen-bond donors (Lipinski definition) is 1. The predicted molar refractivity (Wildman–Crippen MR) is 96.6 cm³/mol. The Bertz CT molecular complexity index is 863. The van der Waals surface area contributed by atoms with Crippen LogP contribution in [0.5, 0.6) is 0 Å². The molecule has 1 aromatic carbocycles. The molecule has 2 aromatic heterocycles. The van der Waals surface area contributed by atoms with Crippen molar-refractivity contribution >= 4 is 33.7 Å². The molecule has 0 aliphatic carbocycles. The van der Waals surface area contributed by atoms with Gasteiger partial charge in [0.2, 0.25) is 5.91 Å². The molecule has 122 valence electrons. The second-order valence-electron chi connectivity index (χ2n) is 5.27. The van der Waals surface area contributed by atoms with E-state index < -0.39 is 0 Å². The van der Waals surface area contributed by atoms with Crippen LogP contribution in [0.1, 0.15) is 17.1 Å². The van der Waals surface area contributed by atoms with E-state index in [1.807, 2.05) is 43.3 Å². The van der Waals surface area contributed by atoms with Crippen LogP contribution in [0, 0.1) is 6.92 Å². The van der Waals surface area contributed by atoms with E-state index in [0.717, 1.165) is 15.8 Å². The van der Waals surface area contributed by atoms with Gasteiger partial charge in [-0.1, -0.05) is 28.1 Å². The molecular weight excluding hydrogens is 370 g/mol. The molecule has 2 heterocycles. The second kappa shape index (κ2) is 7.31. The van der Waals surface area contributed by atoms with Crippen LogP contribution in [0.25, 0.3) is 6.08 Å². The summed E-state index contributed by atoms with van der Waals surface area (Å²) in [6.45, 7) is 2.44. The SMILES string of the molecule is Cc1ccc(/C=C/C(=O)Nc2ccnn2Cc2ccc(Br)cc2)o1. The number of nitrogens with one attached hydrogen (secondary N) is 1. The number of furan rings is 1. The van der Waals surface area contributed by atoms with Gasteiger partial charge in [-0.05, 0) is 42.8 Å². The highest BCUT2D eigenvalue weighted by Gasteiger charge is 2.06. The molecule has 0 saturated heterocycles. The van der Waals surface area contributed by atoms with Gasteiger partial charge < -0.3 is 9.73 Å². The summed E-state index contributed by atoms with van der Waals surface area (Å²) in [7, 11) is 0. The Labute approximate surface area is 148 Å². The van der Waals surface area contributed by atoms with Crippen molar-refractivity contribution in [1.29, 1.82) is 0 Å². The van der Waals surface area contributed by atoms with Crippen LogP contribution in [-0.4, -0.2) is 15.7 Å². The summed E-state index contributed by atoms with van der Waals surface area (Å²) >= 11 is 3.41. The summed E-state index contributed by atoms with van der Waals surface area (Å²) < 4.78 is 8.16. The zero-order chi connectivity index (χ0) is 16.9. The number of rotatable bonds is 5. The molecule has 0 fully saturated rings. The number of nitrogens with zero attached hydrogens (tertiary/aromatic N) is 2. The zero-order valence-electron chi connectivity index (χ0n) is 13.1. The fourth-order valence-corrected chi connectivity index (χ4v) is 2.46. The van der Waals surface area contributed by atoms with Crippen molar-refractivity contribution in [1.82, 2.24) is 9.78 Å². The molecular formula is C18H16BrN3O2. The molecule has 1 amide bonds. The molecule has 0 aliphatic rings. The first kappa shape index (κ1) is 16.3. The molecule has 24 heavy (non-hydrogen) atoms. The number of aromatic nitrogens is 2. The van der Waals surface area contributed by atoms with Gasteiger partial charge in [0.05, 0.1) is 12.7 Å². The molecule has 0 aliphatic heterocycles. The molecule has 0 bridgehead atoms. The van der Waals surface area contributed by atoms with Gasteiger partial charge in [0.25, 0.3) is 0 Å². The van der Waals surface area contributed by atoms with Crippen molar-refractivity contribution in [3.63, 3.8) is 0 Å². The number of hydrogen-bond acceptors (Lipinski definition) is 3. The molecule has 0 radical (unpaired) electrons. The summed E-state index contributed by atoms with van der Waals surface area (Å²) in [5.74, 6) is 1.86. The first-order chi connectivity index (χ1) is 11.6. The number of amides is 1. The van der Waals surface area contributed by atoms with Gasteiger partial charge in [0.15, 0.2) is 0 Å². The monoisotopic (exact) mass is 385 g/mol. The Morgan fingerprint density at radius 1 is 1.25 bits per heavy atom. The summed E-state index contributed by atoms with van der Waals surface area (Å²) in [5.41, 5.74) is 1.10. The van der Waals surface area contributed by atoms with E-state index >= 15 is 0 Å². The van der Waals surface area contributed by atoms with E-state index in [9.17, 15) is 4.79 Å². The van der Waals surface area contributed by atoms with Crippen LogP contribution in [0.2, 0.25) is 0 Å². The van der Waals surface area contributed by atoms with Crippen LogP contribution >= 0.6 is 15.9 Å². The topological polar surface area (TPSA) is 60.1 Å². The van der Waals surface area contributed by atoms with E-state index in [1.54, 1.807) is 23.0 Å². The van der Waals surface area contributed by atoms with Gasteiger partial charge in [0, 0.05) is 16.6 Å². The highest BCUT2D eigenvalue weighted by Crippen LogP contribution is 2.14. The van der Waals surface area contributed by atoms with Gasteiger partial charge in [-0.25, -0.2) is 4.68 Å². The third-order valence-corrected chi connectivity index (χ3v) is 3.90. The molecule has 5 nitrogen and oxygen atoms in total. The number of anilines is 1. The van der Waals surface area contributed by atoms with E-state index in [0.29, 0.717) is 18.1 Å². The Morgan fingerprint density at radius 2 is 2.04 bits per heavy atom. The number of benzene rings is 1. The Balaban J connectivity index is 1.65. The Morgan fingerprint density at radius 3 is 2.75 bits per heavy atom. The van der Waals surface area contributed by atoms with Crippen molar-refractivity contribution < 1.29 is 9.21 Å². The van der Waals surface area contributed by atoms with E-state index in [1.165, 1.54) is 6.08 Å². The third kappa shape index (κ3) is 4.23. The Hall–Kier alpha value is -2.60. The standard InChI is InChI=1S/C18H16BrN3O2/c1-13-2-7-16(24-13)8-9-18(23)21-17-10-11-20-22(17)12-14-3-5-15(19)6-4-14/h2-11H,12H2,1H3,(H,21,23)/b9-8+. The Kier molecular flexibility index (Phi) is 4.96. The molecule has 6 heteroatoms. The largest absolute Gasteiger partial charge is 0.462 e. The lowest BCUT2D eigenvalue weighted by Crippen LogP contribution is -2.13. The van der Waals surface area contributed by atoms with Gasteiger partial charge in [-0.15, -0.1) is 0 Å². The quantitative estimate of drug-likeness (QED) is 0.667. The maximum absolute atomic E-state index is 12.1. The summed E-state index contributed by atoms with van der Waals surface area (Å²) in [6, 6.07) is 13.4. The molecule has 1 N–H and O–H groups in total. The van der Waals surface area contributed by atoms with Crippen LogP contribution < -0.4 is 5.32 Å². The smallest absolute Gasteiger partial charge is 0.249 e. The van der Waals surface area contributed by atoms with Gasteiger partial charge in [0.1, 0.15) is 17.3 Å². The normalized spacial score (nSPS) is 11.1. The summed E-state index contributed by atoms with van der Waals surface area (Å²) in [4.78, 5) is 12.1. The third-order valence-electron chi connectivity index (χ3n) is 3.37. The lowest BCUT2D eigenvalue weighted by Gasteiger charge is -2.08. The fraction of sp³-hybridized carbons (Fsp3) is 0.111. The van der Waals surface area contributed by atoms with Crippen LogP contribution in [0.3, 0.4) is 0 Å². The first-order valence-electron chi connectivity index (χ1n) is 7.42. The van der Waals surface area contributed by atoms with E-state index in [4.69, 9.17) is 4.42 Å². The highest BCUT2D eigenvalue weighted by atomic mass is 79.9. The minimum atomic E-state index is -0.235. The van der Waals surface area contributed by atoms with Crippen molar-refractivity contribution in [2.75, 3.05) is 5.32 Å². The lowest BCUT2D eigenvalue weighted by molar-refractivity contribution is -0.111. The summed E-state index contributed by atoms with van der Waals surface area (Å²) in [5, 5.41) is 7.08. The number of halogens is 1. The second-order valence-corrected chi connectivity index (χ2v) is 6.19. The average molecular weight is 386 g/mol. The highest BCUT2D eigenvalue weighted by molar-refractivity contribution is 9.10. The fourth-order valence-electron chi connectivity index (χ4n) is 2.20. The number of carbonyl (C=O) groups excluding carboxylic acids is 1. The van der Waals surface area contributed by atoms with Crippen molar-refractivity contribution in [2.24, 2.45) is 0 Å². The molecule has 0 unspecified atom stereocenters. The van der Waals surface area contributed by atoms with E-state index in [2.05, 4.69) is 26.3 Å². The number of aryl methyl sites for hydroxylation is 1. The maximum atomic E-state index is 12.1. The van der Waals surface area contributed by atoms with Crippen molar-refractivity contribution in [3.8, 4) is 0 Å². The minimum absolute atomic E-state index is 0.235. The summed E-state index contributed by atoms with van der Waals surface area (Å²) in [6.07, 6.45) is 4.74. The molecule has 0 saturated carbocycles. The van der Waals surface area contributed by atoms with Gasteiger partial charge in [-0.3, -0.25) is 4.79 Å². The van der Waals surface area contributed by atoms with Crippen LogP contribution in [0.4, 0.5) is 5.82 Å². The van der Waals surface area contributed by atoms with Crippen molar-refractivity contribution in [3.05, 3.63) is 76.3 Å². The lowest BCUT2D eigenvalue weighted by atomic mass is 10.2. The van der Waals surface area contributed by atoms with Crippen LogP contribution in [-0.2, 0) is 11.3 Å². The van der Waals surface area contributed by atoms with E-state index in [-0.39, 0.29) is 5.91 Å². The minimum Gasteiger partial charge on any atom is -0.462 e. The molecule has 3 rings (SSSR count). The van der Waals surface area contributed by atoms with Gasteiger partial charge >= 0.3 is 0 Å². The van der Waals surface area contributed by atoms with Crippen LogP contribution in [0.15, 0.2) is 63.6 Å². The predicted octanol–water partition coefficient (Wildman–Crippen LogP) is 4.25. The number of carbonyl (C=O) groups is 1. The maximum Gasteiger partial charge on any atom is 0.249 e. The molecule has 0 spiro atoms. The molecule has 3 aromatic rings. The molecule has 0 atom stereocenters. The van der Waals surface area contributed by atoms with Crippen molar-refractivity contribution in [2.45, 2.75) is 13.5 Å². The van der Waals surface area contributed by atoms with Gasteiger partial charge in [-0.2, -0.15) is 5.10 Å².